The number of benzene rings is 1. The van der Waals surface area contributed by atoms with E-state index in [9.17, 15) is 14.7 Å². The molecule has 20 heavy (non-hydrogen) atoms. The van der Waals surface area contributed by atoms with Gasteiger partial charge in [0.15, 0.2) is 11.2 Å². The van der Waals surface area contributed by atoms with Crippen LogP contribution in [-0.4, -0.2) is 36.7 Å². The van der Waals surface area contributed by atoms with Crippen molar-refractivity contribution in [1.82, 2.24) is 0 Å². The minimum absolute atomic E-state index is 0.0803. The molecule has 0 aliphatic carbocycles. The first-order valence-electron chi connectivity index (χ1n) is 6.27. The van der Waals surface area contributed by atoms with Crippen LogP contribution in [0.25, 0.3) is 0 Å². The molecule has 0 amide bonds. The average Bonchev–Trinajstić information content (AvgIpc) is 2.41. The molecule has 5 nitrogen and oxygen atoms in total. The molecule has 1 N–H and O–H groups in total. The molecule has 108 valence electrons. The maximum Gasteiger partial charge on any atom is 0.319 e. The Balaban J connectivity index is 1.99. The Hall–Kier alpha value is -1.40. The Morgan fingerprint density at radius 2 is 2.30 bits per heavy atom. The summed E-state index contributed by atoms with van der Waals surface area (Å²) >= 11 is 3.33. The topological polar surface area (TPSA) is 72.8 Å². The highest BCUT2D eigenvalue weighted by atomic mass is 79.9. The van der Waals surface area contributed by atoms with Crippen LogP contribution in [0.3, 0.4) is 0 Å². The second kappa shape index (κ2) is 6.37. The molecular weight excluding hydrogens is 328 g/mol. The van der Waals surface area contributed by atoms with Gasteiger partial charge in [-0.25, -0.2) is 0 Å². The third-order valence-electron chi connectivity index (χ3n) is 3.36. The summed E-state index contributed by atoms with van der Waals surface area (Å²) in [5.41, 5.74) is -1.47. The third kappa shape index (κ3) is 3.19. The second-order valence-corrected chi connectivity index (χ2v) is 5.58. The molecule has 1 fully saturated rings. The van der Waals surface area contributed by atoms with Gasteiger partial charge in [0, 0.05) is 17.3 Å². The molecule has 0 bridgehead atoms. The van der Waals surface area contributed by atoms with Crippen molar-refractivity contribution < 1.29 is 24.2 Å². The van der Waals surface area contributed by atoms with Crippen LogP contribution in [0.5, 0.6) is 5.75 Å². The van der Waals surface area contributed by atoms with Crippen molar-refractivity contribution in [2.45, 2.75) is 12.8 Å². The second-order valence-electron chi connectivity index (χ2n) is 4.67. The molecule has 1 aromatic carbocycles. The summed E-state index contributed by atoms with van der Waals surface area (Å²) in [6, 6.07) is 7.25. The molecule has 2 rings (SSSR count). The zero-order valence-corrected chi connectivity index (χ0v) is 12.4. The molecule has 1 atom stereocenters. The van der Waals surface area contributed by atoms with E-state index in [0.29, 0.717) is 12.4 Å². The number of hydrogen-bond acceptors (Lipinski definition) is 4. The lowest BCUT2D eigenvalue weighted by atomic mass is 9.78. The van der Waals surface area contributed by atoms with Gasteiger partial charge in [-0.2, -0.15) is 0 Å². The molecule has 0 radical (unpaired) electrons. The minimum Gasteiger partial charge on any atom is -0.494 e. The summed E-state index contributed by atoms with van der Waals surface area (Å²) in [6.45, 7) is 0.362. The number of hydrogen-bond donors (Lipinski definition) is 1. The zero-order chi connectivity index (χ0) is 14.6. The molecule has 1 unspecified atom stereocenters. The molecule has 1 aliphatic heterocycles. The standard InChI is InChI=1S/C14H15BrO5/c15-10-2-1-3-11(8-10)20-7-5-14(13(17)18)9-19-6-4-12(14)16/h1-3,8H,4-7,9H2,(H,17,18). The van der Waals surface area contributed by atoms with Crippen molar-refractivity contribution in [3.63, 3.8) is 0 Å². The van der Waals surface area contributed by atoms with Crippen LogP contribution in [0.15, 0.2) is 28.7 Å². The maximum absolute atomic E-state index is 11.9. The quantitative estimate of drug-likeness (QED) is 0.831. The van der Waals surface area contributed by atoms with Crippen molar-refractivity contribution >= 4 is 27.7 Å². The Kier molecular flexibility index (Phi) is 4.77. The van der Waals surface area contributed by atoms with E-state index in [2.05, 4.69) is 15.9 Å². The van der Waals surface area contributed by atoms with E-state index in [4.69, 9.17) is 9.47 Å². The minimum atomic E-state index is -1.47. The van der Waals surface area contributed by atoms with E-state index < -0.39 is 11.4 Å². The number of halogens is 1. The number of ketones is 1. The first-order valence-corrected chi connectivity index (χ1v) is 7.07. The van der Waals surface area contributed by atoms with Gasteiger partial charge in [-0.1, -0.05) is 22.0 Å². The summed E-state index contributed by atoms with van der Waals surface area (Å²) in [5, 5.41) is 9.34. The van der Waals surface area contributed by atoms with Crippen molar-refractivity contribution in [3.8, 4) is 5.75 Å². The van der Waals surface area contributed by atoms with Crippen LogP contribution < -0.4 is 4.74 Å². The van der Waals surface area contributed by atoms with Crippen LogP contribution in [0.4, 0.5) is 0 Å². The molecule has 6 heteroatoms. The number of carboxylic acid groups (broad SMARTS) is 1. The summed E-state index contributed by atoms with van der Waals surface area (Å²) in [7, 11) is 0. The summed E-state index contributed by atoms with van der Waals surface area (Å²) < 4.78 is 11.6. The maximum atomic E-state index is 11.9. The highest BCUT2D eigenvalue weighted by Gasteiger charge is 2.47. The predicted molar refractivity (Wildman–Crippen MR) is 74.8 cm³/mol. The monoisotopic (exact) mass is 342 g/mol. The fourth-order valence-corrected chi connectivity index (χ4v) is 2.51. The molecule has 1 aliphatic rings. The molecule has 1 heterocycles. The van der Waals surface area contributed by atoms with Gasteiger partial charge in [0.25, 0.3) is 0 Å². The number of rotatable bonds is 5. The number of carboxylic acids is 1. The van der Waals surface area contributed by atoms with E-state index in [1.165, 1.54) is 0 Å². The lowest BCUT2D eigenvalue weighted by Crippen LogP contribution is -2.48. The van der Waals surface area contributed by atoms with Crippen molar-refractivity contribution in [2.24, 2.45) is 5.41 Å². The van der Waals surface area contributed by atoms with E-state index in [1.807, 2.05) is 12.1 Å². The van der Waals surface area contributed by atoms with Crippen molar-refractivity contribution in [2.75, 3.05) is 19.8 Å². The van der Waals surface area contributed by atoms with E-state index in [1.54, 1.807) is 12.1 Å². The summed E-state index contributed by atoms with van der Waals surface area (Å²) in [5.74, 6) is -0.793. The van der Waals surface area contributed by atoms with Crippen molar-refractivity contribution in [1.29, 1.82) is 0 Å². The molecule has 0 aromatic heterocycles. The van der Waals surface area contributed by atoms with Crippen LogP contribution in [0.1, 0.15) is 12.8 Å². The van der Waals surface area contributed by atoms with Crippen LogP contribution >= 0.6 is 15.9 Å². The van der Waals surface area contributed by atoms with Gasteiger partial charge < -0.3 is 14.6 Å². The Labute approximate surface area is 125 Å². The fraction of sp³-hybridized carbons (Fsp3) is 0.429. The van der Waals surface area contributed by atoms with Gasteiger partial charge >= 0.3 is 5.97 Å². The van der Waals surface area contributed by atoms with E-state index in [0.717, 1.165) is 4.47 Å². The number of carbonyl (C=O) groups is 2. The average molecular weight is 343 g/mol. The molecule has 0 spiro atoms. The Morgan fingerprint density at radius 3 is 2.95 bits per heavy atom. The Bertz CT molecular complexity index is 516. The largest absolute Gasteiger partial charge is 0.494 e. The molecule has 0 saturated carbocycles. The van der Waals surface area contributed by atoms with Crippen molar-refractivity contribution in [3.05, 3.63) is 28.7 Å². The van der Waals surface area contributed by atoms with Gasteiger partial charge in [0.05, 0.1) is 19.8 Å². The molecule has 1 saturated heterocycles. The van der Waals surface area contributed by atoms with Gasteiger partial charge in [-0.3, -0.25) is 9.59 Å². The van der Waals surface area contributed by atoms with Gasteiger partial charge in [0.2, 0.25) is 0 Å². The number of ether oxygens (including phenoxy) is 2. The zero-order valence-electron chi connectivity index (χ0n) is 10.8. The smallest absolute Gasteiger partial charge is 0.319 e. The first kappa shape index (κ1) is 15.0. The lowest BCUT2D eigenvalue weighted by Gasteiger charge is -2.31. The molecular formula is C14H15BrO5. The highest BCUT2D eigenvalue weighted by molar-refractivity contribution is 9.10. The number of carbonyl (C=O) groups excluding carboxylic acids is 1. The predicted octanol–water partition coefficient (Wildman–Crippen LogP) is 2.28. The number of aliphatic carboxylic acids is 1. The van der Waals surface area contributed by atoms with Crippen LogP contribution in [-0.2, 0) is 14.3 Å². The molecule has 1 aromatic rings. The third-order valence-corrected chi connectivity index (χ3v) is 3.85. The fourth-order valence-electron chi connectivity index (χ4n) is 2.13. The van der Waals surface area contributed by atoms with Gasteiger partial charge in [-0.15, -0.1) is 0 Å². The number of Topliss-reactive ketones (excluding diaryl/α,β-unsaturated/α-hetero) is 1. The van der Waals surface area contributed by atoms with E-state index in [-0.39, 0.29) is 31.8 Å². The lowest BCUT2D eigenvalue weighted by molar-refractivity contribution is -0.165. The van der Waals surface area contributed by atoms with Gasteiger partial charge in [-0.05, 0) is 18.2 Å². The van der Waals surface area contributed by atoms with Crippen LogP contribution in [0, 0.1) is 5.41 Å². The SMILES string of the molecule is O=C(O)C1(CCOc2cccc(Br)c2)COCCC1=O. The first-order chi connectivity index (χ1) is 9.54. The summed E-state index contributed by atoms with van der Waals surface area (Å²) in [4.78, 5) is 23.3. The highest BCUT2D eigenvalue weighted by Crippen LogP contribution is 2.30. The van der Waals surface area contributed by atoms with Crippen LogP contribution in [0.2, 0.25) is 0 Å². The van der Waals surface area contributed by atoms with E-state index >= 15 is 0 Å². The Morgan fingerprint density at radius 1 is 1.50 bits per heavy atom. The summed E-state index contributed by atoms with van der Waals surface area (Å²) in [6.07, 6.45) is 0.247. The van der Waals surface area contributed by atoms with Gasteiger partial charge in [0.1, 0.15) is 5.75 Å². The normalized spacial score (nSPS) is 22.6.